The van der Waals surface area contributed by atoms with Gasteiger partial charge < -0.3 is 30.2 Å². The van der Waals surface area contributed by atoms with Crippen LogP contribution in [0.2, 0.25) is 10.0 Å². The number of aromatic nitrogens is 3. The highest BCUT2D eigenvalue weighted by Crippen LogP contribution is 2.38. The van der Waals surface area contributed by atoms with Gasteiger partial charge in [0.25, 0.3) is 5.82 Å². The smallest absolute Gasteiger partial charge is 0.407 e. The zero-order chi connectivity index (χ0) is 36.4. The molecule has 1 aliphatic carbocycles. The number of aromatic amines is 1. The van der Waals surface area contributed by atoms with E-state index in [0.717, 1.165) is 28.1 Å². The number of carbonyl (C=O) groups is 3. The Morgan fingerprint density at radius 1 is 1.12 bits per heavy atom. The van der Waals surface area contributed by atoms with Crippen LogP contribution >= 0.6 is 23.2 Å². The second-order valence-corrected chi connectivity index (χ2v) is 13.7. The predicted octanol–water partition coefficient (Wildman–Crippen LogP) is 6.96. The maximum absolute atomic E-state index is 14.3. The van der Waals surface area contributed by atoms with Crippen molar-refractivity contribution in [3.8, 4) is 6.07 Å². The van der Waals surface area contributed by atoms with Crippen molar-refractivity contribution in [2.24, 2.45) is 11.8 Å². The van der Waals surface area contributed by atoms with Crippen molar-refractivity contribution in [1.82, 2.24) is 31.1 Å². The maximum Gasteiger partial charge on any atom is 0.407 e. The first-order chi connectivity index (χ1) is 23.9. The van der Waals surface area contributed by atoms with Gasteiger partial charge in [-0.2, -0.15) is 10.2 Å². The SMILES string of the molecule is CCC(C)C.CCC(C)[C@H](NC(=O)[C@@]1(NC(=O)CNC(=O)OCc2ccccc2)CCc2[nH]c3c(Cl)cc(Cl)cc3c2C1)c1nc(C#N)no1. The van der Waals surface area contributed by atoms with Crippen LogP contribution in [-0.4, -0.2) is 45.1 Å². The number of hydrogen-bond donors (Lipinski definition) is 4. The van der Waals surface area contributed by atoms with E-state index in [0.29, 0.717) is 28.4 Å². The van der Waals surface area contributed by atoms with Crippen LogP contribution in [-0.2, 0) is 33.8 Å². The molecule has 0 aliphatic heterocycles. The van der Waals surface area contributed by atoms with Gasteiger partial charge in [-0.1, -0.05) is 101 Å². The van der Waals surface area contributed by atoms with Crippen LogP contribution in [0.1, 0.15) is 88.5 Å². The molecule has 1 aliphatic rings. The van der Waals surface area contributed by atoms with Crippen LogP contribution in [0.25, 0.3) is 10.9 Å². The quantitative estimate of drug-likeness (QED) is 0.128. The summed E-state index contributed by atoms with van der Waals surface area (Å²) in [4.78, 5) is 47.4. The first kappa shape index (κ1) is 38.2. The Morgan fingerprint density at radius 3 is 2.48 bits per heavy atom. The molecule has 0 saturated carbocycles. The van der Waals surface area contributed by atoms with E-state index < -0.39 is 36.0 Å². The van der Waals surface area contributed by atoms with E-state index in [4.69, 9.17) is 32.5 Å². The normalized spacial score (nSPS) is 16.3. The molecule has 0 radical (unpaired) electrons. The molecule has 3 amide bonds. The number of nitrogens with zero attached hydrogens (tertiary/aromatic N) is 3. The summed E-state index contributed by atoms with van der Waals surface area (Å²) in [6, 6.07) is 13.6. The van der Waals surface area contributed by atoms with Crippen molar-refractivity contribution in [2.75, 3.05) is 6.54 Å². The average Bonchev–Trinajstić information content (AvgIpc) is 3.74. The topological polar surface area (TPSA) is 175 Å². The first-order valence-corrected chi connectivity index (χ1v) is 17.4. The van der Waals surface area contributed by atoms with E-state index in [1.807, 2.05) is 50.2 Å². The summed E-state index contributed by atoms with van der Waals surface area (Å²) in [6.45, 7) is 10.1. The Bertz CT molecular complexity index is 1840. The number of ether oxygens (including phenoxy) is 1. The summed E-state index contributed by atoms with van der Waals surface area (Å²) in [7, 11) is 0. The Labute approximate surface area is 301 Å². The third-order valence-corrected chi connectivity index (χ3v) is 9.36. The van der Waals surface area contributed by atoms with E-state index in [2.05, 4.69) is 51.8 Å². The molecular formula is C36H43Cl2N7O5. The molecule has 266 valence electrons. The Morgan fingerprint density at radius 2 is 1.84 bits per heavy atom. The number of fused-ring (bicyclic) bond motifs is 3. The predicted molar refractivity (Wildman–Crippen MR) is 190 cm³/mol. The molecule has 12 nitrogen and oxygen atoms in total. The highest BCUT2D eigenvalue weighted by molar-refractivity contribution is 6.38. The molecule has 2 aromatic carbocycles. The zero-order valence-electron chi connectivity index (χ0n) is 28.9. The number of carbonyl (C=O) groups excluding carboxylic acids is 3. The molecule has 3 atom stereocenters. The highest BCUT2D eigenvalue weighted by Gasteiger charge is 2.45. The Hall–Kier alpha value is -4.60. The minimum atomic E-state index is -1.44. The molecular weight excluding hydrogens is 681 g/mol. The van der Waals surface area contributed by atoms with Crippen LogP contribution in [0.4, 0.5) is 4.79 Å². The van der Waals surface area contributed by atoms with Crippen molar-refractivity contribution in [3.63, 3.8) is 0 Å². The number of nitriles is 1. The van der Waals surface area contributed by atoms with E-state index in [-0.39, 0.29) is 37.1 Å². The van der Waals surface area contributed by atoms with Crippen LogP contribution in [0.5, 0.6) is 0 Å². The molecule has 0 fully saturated rings. The van der Waals surface area contributed by atoms with Crippen LogP contribution in [0, 0.1) is 23.2 Å². The van der Waals surface area contributed by atoms with Gasteiger partial charge in [0, 0.05) is 22.5 Å². The molecule has 1 unspecified atom stereocenters. The monoisotopic (exact) mass is 723 g/mol. The molecule has 0 bridgehead atoms. The number of amides is 3. The number of benzene rings is 2. The summed E-state index contributed by atoms with van der Waals surface area (Å²) in [5, 5.41) is 22.8. The number of alkyl carbamates (subject to hydrolysis) is 1. The van der Waals surface area contributed by atoms with Crippen molar-refractivity contribution in [1.29, 1.82) is 5.26 Å². The fourth-order valence-electron chi connectivity index (χ4n) is 5.44. The third-order valence-electron chi connectivity index (χ3n) is 8.84. The van der Waals surface area contributed by atoms with Gasteiger partial charge in [0.15, 0.2) is 0 Å². The Balaban J connectivity index is 0.00000105. The van der Waals surface area contributed by atoms with Gasteiger partial charge in [-0.05, 0) is 53.1 Å². The van der Waals surface area contributed by atoms with E-state index >= 15 is 0 Å². The molecule has 0 spiro atoms. The van der Waals surface area contributed by atoms with Crippen molar-refractivity contribution < 1.29 is 23.6 Å². The van der Waals surface area contributed by atoms with Crippen molar-refractivity contribution in [2.45, 2.75) is 84.9 Å². The fourth-order valence-corrected chi connectivity index (χ4v) is 5.98. The maximum atomic E-state index is 14.3. The van der Waals surface area contributed by atoms with E-state index in [1.165, 1.54) is 6.42 Å². The minimum absolute atomic E-state index is 0.0370. The van der Waals surface area contributed by atoms with Gasteiger partial charge >= 0.3 is 6.09 Å². The zero-order valence-corrected chi connectivity index (χ0v) is 30.4. The average molecular weight is 725 g/mol. The lowest BCUT2D eigenvalue weighted by Crippen LogP contribution is -2.63. The molecule has 0 saturated heterocycles. The first-order valence-electron chi connectivity index (χ1n) is 16.7. The lowest BCUT2D eigenvalue weighted by atomic mass is 9.78. The lowest BCUT2D eigenvalue weighted by molar-refractivity contribution is -0.134. The number of halogens is 2. The second-order valence-electron chi connectivity index (χ2n) is 12.8. The van der Waals surface area contributed by atoms with Gasteiger partial charge in [-0.3, -0.25) is 9.59 Å². The number of hydrogen-bond acceptors (Lipinski definition) is 8. The highest BCUT2D eigenvalue weighted by atomic mass is 35.5. The summed E-state index contributed by atoms with van der Waals surface area (Å²) in [5.41, 5.74) is 1.71. The lowest BCUT2D eigenvalue weighted by Gasteiger charge is -2.38. The van der Waals surface area contributed by atoms with Crippen molar-refractivity contribution >= 4 is 52.0 Å². The summed E-state index contributed by atoms with van der Waals surface area (Å²) >= 11 is 12.8. The van der Waals surface area contributed by atoms with Crippen LogP contribution in [0.15, 0.2) is 47.0 Å². The standard InChI is InChI=1S/C31H31Cl2N7O5.C5H12/c1-3-17(2)26(28-37-24(14-34)40-45-28)38-29(42)31(39-25(41)15-35-30(43)44-16-18-7-5-4-6-8-18)10-9-23-21(13-31)20-11-19(32)12-22(33)27(20)36-23;1-4-5(2)3/h4-8,11-12,17,26,36H,3,9-10,13,15-16H2,1-2H3,(H,35,43)(H,38,42)(H,39,41);5H,4H2,1-3H3/t17?,26-,31+;/m0./s1. The molecule has 2 aromatic heterocycles. The number of nitrogens with one attached hydrogen (secondary N) is 4. The van der Waals surface area contributed by atoms with Crippen molar-refractivity contribution in [3.05, 3.63) is 81.0 Å². The molecule has 4 aromatic rings. The fraction of sp³-hybridized carbons (Fsp3) is 0.444. The van der Waals surface area contributed by atoms with Gasteiger partial charge in [-0.15, -0.1) is 0 Å². The number of rotatable bonds is 11. The van der Waals surface area contributed by atoms with E-state index in [9.17, 15) is 19.6 Å². The van der Waals surface area contributed by atoms with E-state index in [1.54, 1.807) is 12.1 Å². The Kier molecular flexibility index (Phi) is 13.3. The third kappa shape index (κ3) is 9.55. The number of H-pyrrole nitrogens is 1. The van der Waals surface area contributed by atoms with Gasteiger partial charge in [0.05, 0.1) is 10.5 Å². The molecule has 14 heteroatoms. The molecule has 2 heterocycles. The molecule has 4 N–H and O–H groups in total. The van der Waals surface area contributed by atoms with Crippen LogP contribution < -0.4 is 16.0 Å². The summed E-state index contributed by atoms with van der Waals surface area (Å²) in [5.74, 6) is -0.422. The largest absolute Gasteiger partial charge is 0.445 e. The summed E-state index contributed by atoms with van der Waals surface area (Å²) < 4.78 is 10.5. The molecule has 50 heavy (non-hydrogen) atoms. The minimum Gasteiger partial charge on any atom is -0.445 e. The second kappa shape index (κ2) is 17.4. The molecule has 5 rings (SSSR count). The van der Waals surface area contributed by atoms with Crippen LogP contribution in [0.3, 0.4) is 0 Å². The number of aryl methyl sites for hydroxylation is 1. The van der Waals surface area contributed by atoms with Gasteiger partial charge in [-0.25, -0.2) is 4.79 Å². The summed E-state index contributed by atoms with van der Waals surface area (Å²) in [6.07, 6.45) is 1.92. The van der Waals surface area contributed by atoms with Gasteiger partial charge in [0.1, 0.15) is 30.8 Å². The van der Waals surface area contributed by atoms with Gasteiger partial charge in [0.2, 0.25) is 17.7 Å².